The zero-order valence-electron chi connectivity index (χ0n) is 10.1. The highest BCUT2D eigenvalue weighted by Crippen LogP contribution is 2.27. The molecule has 0 bridgehead atoms. The first-order chi connectivity index (χ1) is 9.00. The normalized spacial score (nSPS) is 11.6. The summed E-state index contributed by atoms with van der Waals surface area (Å²) in [6.45, 7) is 2.44. The number of nitrogens with zero attached hydrogens (tertiary/aromatic N) is 4. The van der Waals surface area contributed by atoms with Crippen molar-refractivity contribution < 1.29 is 13.2 Å². The second kappa shape index (κ2) is 5.25. The molecule has 0 aromatic carbocycles. The summed E-state index contributed by atoms with van der Waals surface area (Å²) in [7, 11) is 0. The van der Waals surface area contributed by atoms with Crippen LogP contribution < -0.4 is 5.32 Å². The molecule has 5 nitrogen and oxygen atoms in total. The van der Waals surface area contributed by atoms with Crippen LogP contribution >= 0.6 is 0 Å². The van der Waals surface area contributed by atoms with Gasteiger partial charge in [-0.05, 0) is 12.5 Å². The molecule has 0 aliphatic rings. The number of hydrogen-bond donors (Lipinski definition) is 1. The molecule has 2 aromatic rings. The van der Waals surface area contributed by atoms with Gasteiger partial charge in [-0.2, -0.15) is 18.3 Å². The molecule has 1 N–H and O–H groups in total. The Hall–Kier alpha value is -2.12. The van der Waals surface area contributed by atoms with Crippen LogP contribution in [0.15, 0.2) is 24.5 Å². The van der Waals surface area contributed by atoms with E-state index in [-0.39, 0.29) is 11.6 Å². The molecule has 0 spiro atoms. The van der Waals surface area contributed by atoms with Gasteiger partial charge in [-0.1, -0.05) is 6.92 Å². The molecule has 2 rings (SSSR count). The molecule has 0 fully saturated rings. The standard InChI is InChI=1S/C11H12F3N5/c1-2-4-15-8-7-9(19-6-3-5-16-19)18-10(17-8)11(12,13)14/h3,5-7H,2,4H2,1H3,(H,15,17,18). The lowest BCUT2D eigenvalue weighted by atomic mass is 10.4. The lowest BCUT2D eigenvalue weighted by molar-refractivity contribution is -0.144. The number of alkyl halides is 3. The minimum atomic E-state index is -4.59. The van der Waals surface area contributed by atoms with Gasteiger partial charge in [0.15, 0.2) is 5.82 Å². The van der Waals surface area contributed by atoms with E-state index in [2.05, 4.69) is 20.4 Å². The fraction of sp³-hybridized carbons (Fsp3) is 0.364. The number of hydrogen-bond acceptors (Lipinski definition) is 4. The Morgan fingerprint density at radius 1 is 1.32 bits per heavy atom. The maximum absolute atomic E-state index is 12.7. The SMILES string of the molecule is CCCNc1cc(-n2cccn2)nc(C(F)(F)F)n1. The van der Waals surface area contributed by atoms with E-state index in [4.69, 9.17) is 0 Å². The average molecular weight is 271 g/mol. The molecule has 0 amide bonds. The Morgan fingerprint density at radius 2 is 2.11 bits per heavy atom. The Labute approximate surface area is 107 Å². The second-order valence-electron chi connectivity index (χ2n) is 3.81. The zero-order chi connectivity index (χ0) is 13.9. The van der Waals surface area contributed by atoms with Gasteiger partial charge in [-0.25, -0.2) is 14.6 Å². The molecule has 0 unspecified atom stereocenters. The van der Waals surface area contributed by atoms with Crippen LogP contribution in [0, 0.1) is 0 Å². The largest absolute Gasteiger partial charge is 0.451 e. The summed E-state index contributed by atoms with van der Waals surface area (Å²) < 4.78 is 39.4. The lowest BCUT2D eigenvalue weighted by Crippen LogP contribution is -2.15. The molecular formula is C11H12F3N5. The van der Waals surface area contributed by atoms with Crippen molar-refractivity contribution in [3.63, 3.8) is 0 Å². The third-order valence-corrected chi connectivity index (χ3v) is 2.26. The van der Waals surface area contributed by atoms with Crippen molar-refractivity contribution in [3.8, 4) is 5.82 Å². The summed E-state index contributed by atoms with van der Waals surface area (Å²) >= 11 is 0. The van der Waals surface area contributed by atoms with Crippen molar-refractivity contribution in [2.24, 2.45) is 0 Å². The topological polar surface area (TPSA) is 55.6 Å². The van der Waals surface area contributed by atoms with Crippen molar-refractivity contribution in [1.29, 1.82) is 0 Å². The smallest absolute Gasteiger partial charge is 0.370 e. The first-order valence-electron chi connectivity index (χ1n) is 5.71. The van der Waals surface area contributed by atoms with E-state index in [9.17, 15) is 13.2 Å². The predicted octanol–water partition coefficient (Wildman–Crippen LogP) is 2.50. The van der Waals surface area contributed by atoms with Gasteiger partial charge in [0.05, 0.1) is 0 Å². The summed E-state index contributed by atoms with van der Waals surface area (Å²) in [5.74, 6) is -0.972. The summed E-state index contributed by atoms with van der Waals surface area (Å²) in [4.78, 5) is 6.94. The molecule has 0 saturated carbocycles. The van der Waals surface area contributed by atoms with E-state index >= 15 is 0 Å². The van der Waals surface area contributed by atoms with Crippen LogP contribution in [0.5, 0.6) is 0 Å². The molecule has 2 aromatic heterocycles. The third-order valence-electron chi connectivity index (χ3n) is 2.26. The molecular weight excluding hydrogens is 259 g/mol. The maximum atomic E-state index is 12.7. The molecule has 102 valence electrons. The predicted molar refractivity (Wildman–Crippen MR) is 62.9 cm³/mol. The zero-order valence-corrected chi connectivity index (χ0v) is 10.1. The van der Waals surface area contributed by atoms with Gasteiger partial charge in [-0.3, -0.25) is 0 Å². The van der Waals surface area contributed by atoms with Gasteiger partial charge < -0.3 is 5.32 Å². The third kappa shape index (κ3) is 3.21. The van der Waals surface area contributed by atoms with Crippen molar-refractivity contribution in [2.75, 3.05) is 11.9 Å². The molecule has 0 atom stereocenters. The minimum Gasteiger partial charge on any atom is -0.370 e. The molecule has 2 heterocycles. The van der Waals surface area contributed by atoms with E-state index in [1.807, 2.05) is 6.92 Å². The number of halogens is 3. The Bertz CT molecular complexity index is 536. The fourth-order valence-corrected chi connectivity index (χ4v) is 1.43. The number of rotatable bonds is 4. The monoisotopic (exact) mass is 271 g/mol. The van der Waals surface area contributed by atoms with Crippen LogP contribution in [0.4, 0.5) is 19.0 Å². The Balaban J connectivity index is 2.43. The van der Waals surface area contributed by atoms with Crippen LogP contribution in [-0.4, -0.2) is 26.3 Å². The summed E-state index contributed by atoms with van der Waals surface area (Å²) in [5, 5.41) is 6.68. The molecule has 0 aliphatic carbocycles. The molecule has 0 aliphatic heterocycles. The minimum absolute atomic E-state index is 0.0749. The molecule has 0 radical (unpaired) electrons. The van der Waals surface area contributed by atoms with Gasteiger partial charge in [0.1, 0.15) is 5.82 Å². The van der Waals surface area contributed by atoms with Gasteiger partial charge in [0, 0.05) is 25.0 Å². The van der Waals surface area contributed by atoms with Crippen molar-refractivity contribution in [3.05, 3.63) is 30.4 Å². The Kier molecular flexibility index (Phi) is 3.68. The number of anilines is 1. The van der Waals surface area contributed by atoms with E-state index in [0.717, 1.165) is 6.42 Å². The van der Waals surface area contributed by atoms with Crippen molar-refractivity contribution in [1.82, 2.24) is 19.7 Å². The number of aromatic nitrogens is 4. The van der Waals surface area contributed by atoms with E-state index in [1.165, 1.54) is 23.1 Å². The Morgan fingerprint density at radius 3 is 2.68 bits per heavy atom. The van der Waals surface area contributed by atoms with Gasteiger partial charge in [0.2, 0.25) is 5.82 Å². The quantitative estimate of drug-likeness (QED) is 0.928. The highest BCUT2D eigenvalue weighted by molar-refractivity contribution is 5.41. The maximum Gasteiger partial charge on any atom is 0.451 e. The van der Waals surface area contributed by atoms with Crippen LogP contribution in [0.2, 0.25) is 0 Å². The molecule has 19 heavy (non-hydrogen) atoms. The highest BCUT2D eigenvalue weighted by atomic mass is 19.4. The van der Waals surface area contributed by atoms with Crippen LogP contribution in [0.1, 0.15) is 19.2 Å². The van der Waals surface area contributed by atoms with E-state index < -0.39 is 12.0 Å². The summed E-state index contributed by atoms with van der Waals surface area (Å²) in [6.07, 6.45) is -0.825. The lowest BCUT2D eigenvalue weighted by Gasteiger charge is -2.11. The summed E-state index contributed by atoms with van der Waals surface area (Å²) in [6, 6.07) is 3.03. The van der Waals surface area contributed by atoms with E-state index in [1.54, 1.807) is 6.07 Å². The van der Waals surface area contributed by atoms with Gasteiger partial charge in [-0.15, -0.1) is 0 Å². The van der Waals surface area contributed by atoms with E-state index in [0.29, 0.717) is 6.54 Å². The number of nitrogens with one attached hydrogen (secondary N) is 1. The van der Waals surface area contributed by atoms with Crippen LogP contribution in [-0.2, 0) is 6.18 Å². The summed E-state index contributed by atoms with van der Waals surface area (Å²) in [5.41, 5.74) is 0. The average Bonchev–Trinajstić information content (AvgIpc) is 2.89. The van der Waals surface area contributed by atoms with Crippen LogP contribution in [0.3, 0.4) is 0 Å². The second-order valence-corrected chi connectivity index (χ2v) is 3.81. The van der Waals surface area contributed by atoms with Crippen LogP contribution in [0.25, 0.3) is 5.82 Å². The molecule has 0 saturated heterocycles. The van der Waals surface area contributed by atoms with Gasteiger partial charge in [0.25, 0.3) is 0 Å². The highest BCUT2D eigenvalue weighted by Gasteiger charge is 2.35. The van der Waals surface area contributed by atoms with Crippen molar-refractivity contribution >= 4 is 5.82 Å². The molecule has 8 heteroatoms. The first-order valence-corrected chi connectivity index (χ1v) is 5.71. The van der Waals surface area contributed by atoms with Crippen molar-refractivity contribution in [2.45, 2.75) is 19.5 Å². The first kappa shape index (κ1) is 13.3. The fourth-order valence-electron chi connectivity index (χ4n) is 1.43. The van der Waals surface area contributed by atoms with Gasteiger partial charge >= 0.3 is 6.18 Å².